The summed E-state index contributed by atoms with van der Waals surface area (Å²) >= 11 is 0. The van der Waals surface area contributed by atoms with Crippen LogP contribution in [0.3, 0.4) is 0 Å². The zero-order valence-electron chi connectivity index (χ0n) is 8.16. The van der Waals surface area contributed by atoms with Crippen LogP contribution in [0, 0.1) is 0 Å². The third-order valence-corrected chi connectivity index (χ3v) is 1.53. The fraction of sp³-hybridized carbons (Fsp3) is 0.0769. The molecule has 0 fully saturated rings. The van der Waals surface area contributed by atoms with Crippen LogP contribution in [-0.4, -0.2) is 0 Å². The van der Waals surface area contributed by atoms with E-state index in [4.69, 9.17) is 0 Å². The third kappa shape index (κ3) is 4.12. The lowest BCUT2D eigenvalue weighted by Crippen LogP contribution is -1.78. The van der Waals surface area contributed by atoms with Crippen molar-refractivity contribution in [2.24, 2.45) is 0 Å². The van der Waals surface area contributed by atoms with Crippen LogP contribution >= 0.6 is 0 Å². The Morgan fingerprint density at radius 2 is 1.54 bits per heavy atom. The van der Waals surface area contributed by atoms with Gasteiger partial charge in [-0.05, 0) is 18.1 Å². The average molecular weight is 172 g/mol. The minimum absolute atomic E-state index is 1.02. The molecule has 0 heteroatoms. The molecule has 0 radical (unpaired) electrons. The molecule has 0 bridgehead atoms. The molecule has 0 nitrogen and oxygen atoms in total. The Morgan fingerprint density at radius 1 is 0.923 bits per heavy atom. The first-order valence-corrected chi connectivity index (χ1v) is 4.21. The Bertz CT molecular complexity index is 262. The van der Waals surface area contributed by atoms with Gasteiger partial charge in [0.15, 0.2) is 0 Å². The van der Waals surface area contributed by atoms with Crippen LogP contribution in [0.2, 0.25) is 0 Å². The Morgan fingerprint density at radius 3 is 1.92 bits per heavy atom. The van der Waals surface area contributed by atoms with E-state index < -0.39 is 0 Å². The fourth-order valence-electron chi connectivity index (χ4n) is 0.918. The molecule has 0 N–H and O–H groups in total. The lowest BCUT2D eigenvalue weighted by atomic mass is 10.1. The van der Waals surface area contributed by atoms with E-state index >= 15 is 0 Å². The van der Waals surface area contributed by atoms with E-state index in [9.17, 15) is 0 Å². The third-order valence-electron chi connectivity index (χ3n) is 1.53. The van der Waals surface area contributed by atoms with Crippen molar-refractivity contribution < 1.29 is 0 Å². The van der Waals surface area contributed by atoms with Gasteiger partial charge in [-0.2, -0.15) is 0 Å². The van der Waals surface area contributed by atoms with Gasteiger partial charge in [0.25, 0.3) is 0 Å². The summed E-state index contributed by atoms with van der Waals surface area (Å²) in [5, 5.41) is 0. The molecule has 0 heterocycles. The number of allylic oxidation sites excluding steroid dienone is 9. The molecule has 0 unspecified atom stereocenters. The zero-order chi connectivity index (χ0) is 10.1. The molecule has 68 valence electrons. The quantitative estimate of drug-likeness (QED) is 0.550. The maximum Gasteiger partial charge on any atom is -0.0188 e. The molecule has 0 saturated carbocycles. The monoisotopic (exact) mass is 172 g/mol. The highest BCUT2D eigenvalue weighted by atomic mass is 14.0. The van der Waals surface area contributed by atoms with E-state index in [1.807, 2.05) is 31.2 Å². The van der Waals surface area contributed by atoms with Gasteiger partial charge in [0.2, 0.25) is 0 Å². The summed E-state index contributed by atoms with van der Waals surface area (Å²) in [4.78, 5) is 0. The van der Waals surface area contributed by atoms with Crippen LogP contribution in [-0.2, 0) is 0 Å². The standard InChI is InChI=1S/C13H16/c1-5-9-11-13(10-6-2)12(7-3)8-4/h5-11H,1,3-4H2,2H3/b10-6-,11-9-. The van der Waals surface area contributed by atoms with Gasteiger partial charge in [-0.15, -0.1) is 0 Å². The molecule has 0 spiro atoms. The predicted octanol–water partition coefficient (Wildman–Crippen LogP) is 3.97. The summed E-state index contributed by atoms with van der Waals surface area (Å²) in [5.74, 6) is 0. The zero-order valence-corrected chi connectivity index (χ0v) is 8.16. The van der Waals surface area contributed by atoms with E-state index in [2.05, 4.69) is 19.7 Å². The first kappa shape index (κ1) is 11.4. The Labute approximate surface area is 81.0 Å². The highest BCUT2D eigenvalue weighted by molar-refractivity contribution is 5.45. The van der Waals surface area contributed by atoms with Gasteiger partial charge >= 0.3 is 0 Å². The molecule has 0 aromatic rings. The summed E-state index contributed by atoms with van der Waals surface area (Å²) in [6.07, 6.45) is 13.2. The minimum atomic E-state index is 1.02. The highest BCUT2D eigenvalue weighted by Crippen LogP contribution is 2.10. The molecule has 13 heavy (non-hydrogen) atoms. The van der Waals surface area contributed by atoms with E-state index in [1.54, 1.807) is 18.2 Å². The van der Waals surface area contributed by atoms with Crippen LogP contribution in [0.25, 0.3) is 0 Å². The van der Waals surface area contributed by atoms with Crippen molar-refractivity contribution in [2.75, 3.05) is 0 Å². The predicted molar refractivity (Wildman–Crippen MR) is 61.6 cm³/mol. The first-order valence-electron chi connectivity index (χ1n) is 4.21. The van der Waals surface area contributed by atoms with E-state index in [0.717, 1.165) is 11.1 Å². The number of hydrogen-bond donors (Lipinski definition) is 0. The lowest BCUT2D eigenvalue weighted by Gasteiger charge is -1.98. The smallest absolute Gasteiger partial charge is 0.0188 e. The molecule has 0 aromatic heterocycles. The largest absolute Gasteiger partial charge is 0.0991 e. The van der Waals surface area contributed by atoms with Gasteiger partial charge < -0.3 is 0 Å². The molecule has 0 aliphatic heterocycles. The van der Waals surface area contributed by atoms with Crippen LogP contribution < -0.4 is 0 Å². The van der Waals surface area contributed by atoms with E-state index in [0.29, 0.717) is 0 Å². The maximum absolute atomic E-state index is 3.72. The lowest BCUT2D eigenvalue weighted by molar-refractivity contribution is 1.55. The minimum Gasteiger partial charge on any atom is -0.0991 e. The molecule has 0 aliphatic rings. The summed E-state index contributed by atoms with van der Waals surface area (Å²) in [6, 6.07) is 0. The second kappa shape index (κ2) is 7.11. The maximum atomic E-state index is 3.72. The van der Waals surface area contributed by atoms with Gasteiger partial charge in [-0.3, -0.25) is 0 Å². The van der Waals surface area contributed by atoms with Crippen molar-refractivity contribution >= 4 is 0 Å². The molecule has 0 rings (SSSR count). The molecule has 0 aliphatic carbocycles. The number of hydrogen-bond acceptors (Lipinski definition) is 0. The Hall–Kier alpha value is -1.56. The molecule has 0 atom stereocenters. The molecule has 0 amide bonds. The average Bonchev–Trinajstić information content (AvgIpc) is 2.16. The van der Waals surface area contributed by atoms with Gasteiger partial charge in [-0.1, -0.05) is 62.3 Å². The second-order valence-corrected chi connectivity index (χ2v) is 2.41. The first-order chi connectivity index (χ1) is 6.29. The van der Waals surface area contributed by atoms with Crippen LogP contribution in [0.15, 0.2) is 73.4 Å². The normalized spacial score (nSPS) is 10.2. The van der Waals surface area contributed by atoms with Crippen molar-refractivity contribution in [3.63, 3.8) is 0 Å². The summed E-state index contributed by atoms with van der Waals surface area (Å²) in [6.45, 7) is 13.0. The van der Waals surface area contributed by atoms with E-state index in [-0.39, 0.29) is 0 Å². The van der Waals surface area contributed by atoms with Crippen LogP contribution in [0.4, 0.5) is 0 Å². The van der Waals surface area contributed by atoms with Crippen molar-refractivity contribution in [2.45, 2.75) is 6.92 Å². The molecule has 0 saturated heterocycles. The second-order valence-electron chi connectivity index (χ2n) is 2.41. The van der Waals surface area contributed by atoms with Crippen molar-refractivity contribution in [3.05, 3.63) is 73.4 Å². The summed E-state index contributed by atoms with van der Waals surface area (Å²) < 4.78 is 0. The molecular weight excluding hydrogens is 156 g/mol. The van der Waals surface area contributed by atoms with Crippen molar-refractivity contribution in [1.82, 2.24) is 0 Å². The summed E-state index contributed by atoms with van der Waals surface area (Å²) in [7, 11) is 0. The van der Waals surface area contributed by atoms with Gasteiger partial charge in [0, 0.05) is 0 Å². The van der Waals surface area contributed by atoms with Gasteiger partial charge in [-0.25, -0.2) is 0 Å². The number of rotatable bonds is 5. The van der Waals surface area contributed by atoms with Crippen LogP contribution in [0.1, 0.15) is 6.92 Å². The van der Waals surface area contributed by atoms with Gasteiger partial charge in [0.05, 0.1) is 0 Å². The molecule has 0 aromatic carbocycles. The van der Waals surface area contributed by atoms with E-state index in [1.165, 1.54) is 0 Å². The Kier molecular flexibility index (Phi) is 6.26. The fourth-order valence-corrected chi connectivity index (χ4v) is 0.918. The van der Waals surface area contributed by atoms with Crippen molar-refractivity contribution in [3.8, 4) is 0 Å². The van der Waals surface area contributed by atoms with Crippen molar-refractivity contribution in [1.29, 1.82) is 0 Å². The summed E-state index contributed by atoms with van der Waals surface area (Å²) in [5.41, 5.74) is 2.11. The molecular formula is C13H16. The SMILES string of the molecule is C=C/C=C\C(/C=C\C)=C(C=C)C=C. The van der Waals surface area contributed by atoms with Gasteiger partial charge in [0.1, 0.15) is 0 Å². The highest BCUT2D eigenvalue weighted by Gasteiger charge is 1.90. The Balaban J connectivity index is 5.05. The topological polar surface area (TPSA) is 0 Å². The van der Waals surface area contributed by atoms with Crippen LogP contribution in [0.5, 0.6) is 0 Å².